The number of rotatable bonds is 7. The van der Waals surface area contributed by atoms with E-state index in [0.717, 1.165) is 17.7 Å². The van der Waals surface area contributed by atoms with Gasteiger partial charge >= 0.3 is 5.97 Å². The van der Waals surface area contributed by atoms with Gasteiger partial charge in [-0.1, -0.05) is 30.3 Å². The molecular weight excluding hydrogens is 351 g/mol. The van der Waals surface area contributed by atoms with Crippen LogP contribution in [0.3, 0.4) is 0 Å². The monoisotopic (exact) mass is 366 g/mol. The van der Waals surface area contributed by atoms with Crippen molar-refractivity contribution < 1.29 is 27.5 Å². The molecular formula is C16H15FN2O5S. The average Bonchev–Trinajstić information content (AvgIpc) is 2.58. The van der Waals surface area contributed by atoms with E-state index in [-0.39, 0.29) is 6.54 Å². The third-order valence-corrected chi connectivity index (χ3v) is 4.64. The van der Waals surface area contributed by atoms with E-state index in [4.69, 9.17) is 5.11 Å². The maximum Gasteiger partial charge on any atom is 0.338 e. The Morgan fingerprint density at radius 2 is 1.76 bits per heavy atom. The molecule has 0 aliphatic heterocycles. The first-order valence-electron chi connectivity index (χ1n) is 7.13. The van der Waals surface area contributed by atoms with E-state index in [9.17, 15) is 22.4 Å². The Hall–Kier alpha value is -2.78. The summed E-state index contributed by atoms with van der Waals surface area (Å²) >= 11 is 0. The molecule has 0 unspecified atom stereocenters. The molecule has 3 N–H and O–H groups in total. The van der Waals surface area contributed by atoms with E-state index >= 15 is 0 Å². The van der Waals surface area contributed by atoms with Crippen LogP contribution in [0.2, 0.25) is 0 Å². The molecule has 2 rings (SSSR count). The maximum atomic E-state index is 13.6. The number of nitrogens with one attached hydrogen (secondary N) is 2. The van der Waals surface area contributed by atoms with Gasteiger partial charge in [0.05, 0.1) is 17.0 Å². The second kappa shape index (κ2) is 7.86. The average molecular weight is 366 g/mol. The van der Waals surface area contributed by atoms with Gasteiger partial charge in [-0.05, 0) is 23.8 Å². The lowest BCUT2D eigenvalue weighted by Crippen LogP contribution is -2.36. The molecule has 1 amide bonds. The number of carboxylic acids is 1. The topological polar surface area (TPSA) is 113 Å². The molecule has 25 heavy (non-hydrogen) atoms. The van der Waals surface area contributed by atoms with Gasteiger partial charge in [-0.15, -0.1) is 0 Å². The predicted octanol–water partition coefficient (Wildman–Crippen LogP) is 1.12. The summed E-state index contributed by atoms with van der Waals surface area (Å²) in [6.07, 6.45) is 0. The number of aromatic carboxylic acids is 1. The number of carbonyl (C=O) groups excluding carboxylic acids is 1. The van der Waals surface area contributed by atoms with E-state index in [1.165, 1.54) is 0 Å². The zero-order valence-electron chi connectivity index (χ0n) is 12.9. The highest BCUT2D eigenvalue weighted by Crippen LogP contribution is 2.14. The summed E-state index contributed by atoms with van der Waals surface area (Å²) < 4.78 is 39.7. The lowest BCUT2D eigenvalue weighted by atomic mass is 10.2. The van der Waals surface area contributed by atoms with Crippen LogP contribution in [0.1, 0.15) is 15.9 Å². The highest BCUT2D eigenvalue weighted by molar-refractivity contribution is 7.89. The van der Waals surface area contributed by atoms with Crippen molar-refractivity contribution in [1.29, 1.82) is 0 Å². The summed E-state index contributed by atoms with van der Waals surface area (Å²) in [7, 11) is -4.15. The molecule has 0 aliphatic rings. The molecule has 0 aromatic heterocycles. The Bertz CT molecular complexity index is 885. The fraction of sp³-hybridized carbons (Fsp3) is 0.125. The van der Waals surface area contributed by atoms with Gasteiger partial charge in [-0.3, -0.25) is 4.79 Å². The highest BCUT2D eigenvalue weighted by Gasteiger charge is 2.19. The van der Waals surface area contributed by atoms with Gasteiger partial charge in [0.2, 0.25) is 15.9 Å². The number of amides is 1. The summed E-state index contributed by atoms with van der Waals surface area (Å²) in [5.41, 5.74) is 0.213. The van der Waals surface area contributed by atoms with Crippen LogP contribution in [0.15, 0.2) is 53.4 Å². The van der Waals surface area contributed by atoms with Gasteiger partial charge in [0.25, 0.3) is 0 Å². The minimum Gasteiger partial charge on any atom is -0.478 e. The van der Waals surface area contributed by atoms with Crippen molar-refractivity contribution in [3.8, 4) is 0 Å². The molecule has 0 radical (unpaired) electrons. The van der Waals surface area contributed by atoms with Crippen molar-refractivity contribution in [1.82, 2.24) is 10.0 Å². The van der Waals surface area contributed by atoms with Crippen molar-refractivity contribution in [2.75, 3.05) is 6.54 Å². The molecule has 0 saturated carbocycles. The van der Waals surface area contributed by atoms with E-state index in [0.29, 0.717) is 6.07 Å². The van der Waals surface area contributed by atoms with Gasteiger partial charge in [-0.2, -0.15) is 0 Å². The summed E-state index contributed by atoms with van der Waals surface area (Å²) in [5.74, 6) is -3.24. The van der Waals surface area contributed by atoms with Crippen LogP contribution in [-0.4, -0.2) is 31.9 Å². The molecule has 0 spiro atoms. The Morgan fingerprint density at radius 1 is 1.08 bits per heavy atom. The number of carboxylic acid groups (broad SMARTS) is 1. The molecule has 0 atom stereocenters. The zero-order chi connectivity index (χ0) is 18.4. The number of benzene rings is 2. The number of sulfonamides is 1. The molecule has 0 bridgehead atoms. The van der Waals surface area contributed by atoms with E-state index in [2.05, 4.69) is 5.32 Å². The standard InChI is InChI=1S/C16H15FN2O5S/c17-14-8-12(6-7-13(14)16(21)22)25(23,24)19-10-15(20)18-9-11-4-2-1-3-5-11/h1-8,19H,9-10H2,(H,18,20)(H,21,22). The van der Waals surface area contributed by atoms with Crippen molar-refractivity contribution in [3.63, 3.8) is 0 Å². The molecule has 0 aliphatic carbocycles. The summed E-state index contributed by atoms with van der Waals surface area (Å²) in [6.45, 7) is -0.291. The third kappa shape index (κ3) is 5.10. The molecule has 0 saturated heterocycles. The van der Waals surface area contributed by atoms with E-state index in [1.54, 1.807) is 24.3 Å². The normalized spacial score (nSPS) is 11.1. The zero-order valence-corrected chi connectivity index (χ0v) is 13.7. The highest BCUT2D eigenvalue weighted by atomic mass is 32.2. The predicted molar refractivity (Wildman–Crippen MR) is 86.8 cm³/mol. The minimum atomic E-state index is -4.15. The first kappa shape index (κ1) is 18.6. The molecule has 2 aromatic rings. The first-order valence-corrected chi connectivity index (χ1v) is 8.61. The molecule has 7 nitrogen and oxygen atoms in total. The van der Waals surface area contributed by atoms with Crippen LogP contribution in [0, 0.1) is 5.82 Å². The van der Waals surface area contributed by atoms with Crippen LogP contribution in [-0.2, 0) is 21.4 Å². The molecule has 2 aromatic carbocycles. The van der Waals surface area contributed by atoms with Gasteiger partial charge in [0.1, 0.15) is 5.82 Å². The maximum absolute atomic E-state index is 13.6. The quantitative estimate of drug-likeness (QED) is 0.680. The fourth-order valence-corrected chi connectivity index (χ4v) is 2.93. The number of carbonyl (C=O) groups is 2. The SMILES string of the molecule is O=C(CNS(=O)(=O)c1ccc(C(=O)O)c(F)c1)NCc1ccccc1. The van der Waals surface area contributed by atoms with Gasteiger partial charge in [-0.25, -0.2) is 22.3 Å². The second-order valence-electron chi connectivity index (χ2n) is 5.03. The molecule has 0 heterocycles. The number of halogens is 1. The smallest absolute Gasteiger partial charge is 0.338 e. The number of hydrogen-bond donors (Lipinski definition) is 3. The minimum absolute atomic E-state index is 0.239. The summed E-state index contributed by atoms with van der Waals surface area (Å²) in [4.78, 5) is 22.0. The Labute approximate surface area is 143 Å². The third-order valence-electron chi connectivity index (χ3n) is 3.24. The largest absolute Gasteiger partial charge is 0.478 e. The fourth-order valence-electron chi connectivity index (χ4n) is 1.94. The summed E-state index contributed by atoms with van der Waals surface area (Å²) in [6, 6.07) is 11.4. The van der Waals surface area contributed by atoms with Crippen molar-refractivity contribution in [2.45, 2.75) is 11.4 Å². The lowest BCUT2D eigenvalue weighted by molar-refractivity contribution is -0.120. The van der Waals surface area contributed by atoms with Gasteiger partial charge in [0.15, 0.2) is 0 Å². The molecule has 132 valence electrons. The van der Waals surface area contributed by atoms with Crippen LogP contribution in [0.4, 0.5) is 4.39 Å². The van der Waals surface area contributed by atoms with Crippen LogP contribution in [0.25, 0.3) is 0 Å². The first-order chi connectivity index (χ1) is 11.8. The van der Waals surface area contributed by atoms with Gasteiger partial charge < -0.3 is 10.4 Å². The molecule has 0 fully saturated rings. The molecule has 9 heteroatoms. The van der Waals surface area contributed by atoms with Crippen LogP contribution >= 0.6 is 0 Å². The Kier molecular flexibility index (Phi) is 5.84. The summed E-state index contributed by atoms with van der Waals surface area (Å²) in [5, 5.41) is 11.3. The number of hydrogen-bond acceptors (Lipinski definition) is 4. The van der Waals surface area contributed by atoms with Crippen molar-refractivity contribution in [2.24, 2.45) is 0 Å². The van der Waals surface area contributed by atoms with Crippen LogP contribution < -0.4 is 10.0 Å². The van der Waals surface area contributed by atoms with Crippen molar-refractivity contribution >= 4 is 21.9 Å². The second-order valence-corrected chi connectivity index (χ2v) is 6.80. The lowest BCUT2D eigenvalue weighted by Gasteiger charge is -2.08. The van der Waals surface area contributed by atoms with E-state index < -0.39 is 44.7 Å². The van der Waals surface area contributed by atoms with E-state index in [1.807, 2.05) is 10.8 Å². The van der Waals surface area contributed by atoms with Gasteiger partial charge in [0, 0.05) is 6.54 Å². The Morgan fingerprint density at radius 3 is 2.36 bits per heavy atom. The van der Waals surface area contributed by atoms with Crippen LogP contribution in [0.5, 0.6) is 0 Å². The van der Waals surface area contributed by atoms with Crippen molar-refractivity contribution in [3.05, 3.63) is 65.5 Å². The Balaban J connectivity index is 1.96.